The van der Waals surface area contributed by atoms with Gasteiger partial charge in [0, 0.05) is 23.2 Å². The van der Waals surface area contributed by atoms with Gasteiger partial charge in [-0.05, 0) is 17.9 Å². The molecule has 16 heavy (non-hydrogen) atoms. The fraction of sp³-hybridized carbons (Fsp3) is 0.231. The van der Waals surface area contributed by atoms with Crippen molar-refractivity contribution in [2.75, 3.05) is 0 Å². The van der Waals surface area contributed by atoms with Crippen LogP contribution in [0.4, 0.5) is 0 Å². The Morgan fingerprint density at radius 2 is 2.06 bits per heavy atom. The summed E-state index contributed by atoms with van der Waals surface area (Å²) >= 11 is 0. The van der Waals surface area contributed by atoms with Crippen LogP contribution in [0, 0.1) is 5.92 Å². The van der Waals surface area contributed by atoms with Gasteiger partial charge in [0.2, 0.25) is 0 Å². The largest absolute Gasteiger partial charge is 0.481 e. The van der Waals surface area contributed by atoms with Crippen LogP contribution < -0.4 is 0 Å². The first kappa shape index (κ1) is 9.33. The van der Waals surface area contributed by atoms with E-state index in [0.29, 0.717) is 0 Å². The maximum absolute atomic E-state index is 10.8. The summed E-state index contributed by atoms with van der Waals surface area (Å²) < 4.78 is 0. The maximum atomic E-state index is 10.8. The second-order valence-corrected chi connectivity index (χ2v) is 4.24. The van der Waals surface area contributed by atoms with E-state index >= 15 is 0 Å². The van der Waals surface area contributed by atoms with E-state index < -0.39 is 5.97 Å². The van der Waals surface area contributed by atoms with E-state index in [2.05, 4.69) is 4.98 Å². The van der Waals surface area contributed by atoms with Gasteiger partial charge in [0.15, 0.2) is 0 Å². The Balaban J connectivity index is 1.98. The Hall–Kier alpha value is -1.90. The van der Waals surface area contributed by atoms with E-state index in [-0.39, 0.29) is 11.8 Å². The molecule has 1 saturated carbocycles. The number of fused-ring (bicyclic) bond motifs is 1. The minimum Gasteiger partial charge on any atom is -0.481 e. The Morgan fingerprint density at radius 3 is 2.75 bits per heavy atom. The number of hydrogen-bond acceptors (Lipinski definition) is 2. The first-order valence-corrected chi connectivity index (χ1v) is 5.33. The van der Waals surface area contributed by atoms with Crippen LogP contribution in [0.25, 0.3) is 10.8 Å². The van der Waals surface area contributed by atoms with Gasteiger partial charge in [0.25, 0.3) is 0 Å². The molecule has 0 radical (unpaired) electrons. The van der Waals surface area contributed by atoms with Crippen LogP contribution in [-0.2, 0) is 4.79 Å². The van der Waals surface area contributed by atoms with Crippen molar-refractivity contribution in [1.29, 1.82) is 0 Å². The number of carbonyl (C=O) groups is 1. The number of carboxylic acids is 1. The molecule has 1 N–H and O–H groups in total. The highest BCUT2D eigenvalue weighted by atomic mass is 16.4. The van der Waals surface area contributed by atoms with Crippen molar-refractivity contribution in [3.05, 3.63) is 42.2 Å². The normalized spacial score (nSPS) is 23.2. The zero-order valence-electron chi connectivity index (χ0n) is 8.63. The van der Waals surface area contributed by atoms with E-state index in [1.54, 1.807) is 0 Å². The van der Waals surface area contributed by atoms with Crippen LogP contribution in [0.3, 0.4) is 0 Å². The van der Waals surface area contributed by atoms with Crippen LogP contribution in [-0.4, -0.2) is 16.1 Å². The number of nitrogens with zero attached hydrogens (tertiary/aromatic N) is 1. The number of carboxylic acid groups (broad SMARTS) is 1. The lowest BCUT2D eigenvalue weighted by Crippen LogP contribution is -1.99. The molecule has 0 saturated heterocycles. The molecule has 80 valence electrons. The lowest BCUT2D eigenvalue weighted by atomic mass is 10.1. The average molecular weight is 213 g/mol. The predicted molar refractivity (Wildman–Crippen MR) is 60.2 cm³/mol. The van der Waals surface area contributed by atoms with Crippen molar-refractivity contribution in [1.82, 2.24) is 4.98 Å². The van der Waals surface area contributed by atoms with Crippen molar-refractivity contribution < 1.29 is 9.90 Å². The van der Waals surface area contributed by atoms with Gasteiger partial charge in [0.1, 0.15) is 0 Å². The number of aromatic nitrogens is 1. The highest BCUT2D eigenvalue weighted by molar-refractivity contribution is 5.82. The summed E-state index contributed by atoms with van der Waals surface area (Å²) in [7, 11) is 0. The Labute approximate surface area is 92.7 Å². The molecule has 0 aliphatic heterocycles. The summed E-state index contributed by atoms with van der Waals surface area (Å²) in [5, 5.41) is 11.1. The molecule has 1 aliphatic rings. The maximum Gasteiger partial charge on any atom is 0.307 e. The number of benzene rings is 1. The SMILES string of the molecule is O=C(O)C1CC1c1cc2ccccc2cn1. The lowest BCUT2D eigenvalue weighted by Gasteiger charge is -2.01. The predicted octanol–water partition coefficient (Wildman–Crippen LogP) is 2.42. The fourth-order valence-electron chi connectivity index (χ4n) is 2.10. The quantitative estimate of drug-likeness (QED) is 0.833. The molecule has 2 aromatic rings. The summed E-state index contributed by atoms with van der Waals surface area (Å²) in [4.78, 5) is 15.1. The molecule has 2 unspecified atom stereocenters. The van der Waals surface area contributed by atoms with Gasteiger partial charge in [-0.25, -0.2) is 0 Å². The van der Waals surface area contributed by atoms with Crippen molar-refractivity contribution >= 4 is 16.7 Å². The molecule has 1 heterocycles. The Bertz CT molecular complexity index is 565. The van der Waals surface area contributed by atoms with Crippen LogP contribution in [0.5, 0.6) is 0 Å². The summed E-state index contributed by atoms with van der Waals surface area (Å²) in [6.07, 6.45) is 2.54. The molecule has 2 atom stereocenters. The standard InChI is InChI=1S/C13H11NO2/c15-13(16)11-6-10(11)12-5-8-3-1-2-4-9(8)7-14-12/h1-5,7,10-11H,6H2,(H,15,16). The van der Waals surface area contributed by atoms with Gasteiger partial charge in [-0.2, -0.15) is 0 Å². The molecule has 3 rings (SSSR count). The smallest absolute Gasteiger partial charge is 0.307 e. The van der Waals surface area contributed by atoms with Gasteiger partial charge in [-0.3, -0.25) is 9.78 Å². The topological polar surface area (TPSA) is 50.2 Å². The third kappa shape index (κ3) is 1.45. The molecular weight excluding hydrogens is 202 g/mol. The third-order valence-corrected chi connectivity index (χ3v) is 3.14. The molecule has 0 spiro atoms. The summed E-state index contributed by atoms with van der Waals surface area (Å²) in [5.74, 6) is -0.823. The zero-order valence-corrected chi connectivity index (χ0v) is 8.63. The fourth-order valence-corrected chi connectivity index (χ4v) is 2.10. The highest BCUT2D eigenvalue weighted by Gasteiger charge is 2.45. The molecule has 1 aromatic heterocycles. The number of pyridine rings is 1. The van der Waals surface area contributed by atoms with Crippen molar-refractivity contribution in [2.24, 2.45) is 5.92 Å². The van der Waals surface area contributed by atoms with Gasteiger partial charge < -0.3 is 5.11 Å². The minimum absolute atomic E-state index is 0.113. The molecule has 1 aromatic carbocycles. The van der Waals surface area contributed by atoms with Crippen molar-refractivity contribution in [3.8, 4) is 0 Å². The molecule has 1 fully saturated rings. The number of aliphatic carboxylic acids is 1. The van der Waals surface area contributed by atoms with Crippen LogP contribution in [0.2, 0.25) is 0 Å². The first-order valence-electron chi connectivity index (χ1n) is 5.33. The van der Waals surface area contributed by atoms with Gasteiger partial charge in [0.05, 0.1) is 5.92 Å². The van der Waals surface area contributed by atoms with E-state index in [4.69, 9.17) is 5.11 Å². The average Bonchev–Trinajstić information content (AvgIpc) is 3.08. The van der Waals surface area contributed by atoms with E-state index in [0.717, 1.165) is 22.9 Å². The van der Waals surface area contributed by atoms with Crippen LogP contribution in [0.1, 0.15) is 18.0 Å². The van der Waals surface area contributed by atoms with Gasteiger partial charge in [-0.1, -0.05) is 24.3 Å². The van der Waals surface area contributed by atoms with Crippen LogP contribution >= 0.6 is 0 Å². The molecule has 0 bridgehead atoms. The van der Waals surface area contributed by atoms with Crippen molar-refractivity contribution in [2.45, 2.75) is 12.3 Å². The second kappa shape index (κ2) is 3.30. The Kier molecular flexibility index (Phi) is 1.93. The second-order valence-electron chi connectivity index (χ2n) is 4.24. The van der Waals surface area contributed by atoms with Gasteiger partial charge in [-0.15, -0.1) is 0 Å². The molecule has 0 amide bonds. The molecule has 3 heteroatoms. The van der Waals surface area contributed by atoms with Gasteiger partial charge >= 0.3 is 5.97 Å². The number of hydrogen-bond donors (Lipinski definition) is 1. The van der Waals surface area contributed by atoms with E-state index in [9.17, 15) is 4.79 Å². The third-order valence-electron chi connectivity index (χ3n) is 3.14. The lowest BCUT2D eigenvalue weighted by molar-refractivity contribution is -0.138. The summed E-state index contributed by atoms with van der Waals surface area (Å²) in [6, 6.07) is 9.99. The van der Waals surface area contributed by atoms with E-state index in [1.807, 2.05) is 36.5 Å². The summed E-state index contributed by atoms with van der Waals surface area (Å²) in [6.45, 7) is 0. The minimum atomic E-state index is -0.708. The molecule has 1 aliphatic carbocycles. The number of rotatable bonds is 2. The molecule has 3 nitrogen and oxygen atoms in total. The monoisotopic (exact) mass is 213 g/mol. The molecular formula is C13H11NO2. The highest BCUT2D eigenvalue weighted by Crippen LogP contribution is 2.47. The van der Waals surface area contributed by atoms with E-state index in [1.165, 1.54) is 0 Å². The van der Waals surface area contributed by atoms with Crippen molar-refractivity contribution in [3.63, 3.8) is 0 Å². The Morgan fingerprint density at radius 1 is 1.31 bits per heavy atom. The first-order chi connectivity index (χ1) is 7.75. The summed E-state index contributed by atoms with van der Waals surface area (Å²) in [5.41, 5.74) is 0.908. The van der Waals surface area contributed by atoms with Crippen LogP contribution in [0.15, 0.2) is 36.5 Å². The zero-order chi connectivity index (χ0) is 11.1.